The van der Waals surface area contributed by atoms with Gasteiger partial charge in [-0.15, -0.1) is 0 Å². The van der Waals surface area contributed by atoms with E-state index in [1.54, 1.807) is 32.0 Å². The predicted octanol–water partition coefficient (Wildman–Crippen LogP) is 3.34. The second-order valence-corrected chi connectivity index (χ2v) is 7.03. The molecule has 2 aromatic heterocycles. The molecule has 0 atom stereocenters. The number of nitrogens with zero attached hydrogens (tertiary/aromatic N) is 4. The summed E-state index contributed by atoms with van der Waals surface area (Å²) in [5.74, 6) is -0.624. The number of rotatable bonds is 4. The van der Waals surface area contributed by atoms with Gasteiger partial charge in [0.2, 0.25) is 5.95 Å². The van der Waals surface area contributed by atoms with Gasteiger partial charge in [-0.05, 0) is 44.2 Å². The van der Waals surface area contributed by atoms with E-state index in [0.717, 1.165) is 12.3 Å². The van der Waals surface area contributed by atoms with Gasteiger partial charge in [-0.2, -0.15) is 18.4 Å². The molecule has 1 aromatic carbocycles. The van der Waals surface area contributed by atoms with Crippen LogP contribution in [0.4, 0.5) is 19.1 Å². The molecular weight excluding hydrogens is 387 g/mol. The topological polar surface area (TPSA) is 104 Å². The standard InChI is InChI=1S/C19H16F3N5O2/c1-18(2,29)10-27-14-7-11(8-23)3-5-13(14)25-17(27)26-16(28)12-4-6-15(24-9-12)19(20,21)22/h3-7,9,29H,10H2,1-2H3,(H,25,26,28). The van der Waals surface area contributed by atoms with Gasteiger partial charge in [-0.25, -0.2) is 4.98 Å². The third-order valence-corrected chi connectivity index (χ3v) is 3.96. The van der Waals surface area contributed by atoms with Gasteiger partial charge in [-0.3, -0.25) is 15.1 Å². The zero-order chi connectivity index (χ0) is 21.4. The SMILES string of the molecule is CC(C)(O)Cn1c(NC(=O)c2ccc(C(F)(F)F)nc2)nc2ccc(C#N)cc21. The highest BCUT2D eigenvalue weighted by Crippen LogP contribution is 2.28. The molecule has 29 heavy (non-hydrogen) atoms. The highest BCUT2D eigenvalue weighted by Gasteiger charge is 2.32. The van der Waals surface area contributed by atoms with Crippen LogP contribution in [0.1, 0.15) is 35.5 Å². The van der Waals surface area contributed by atoms with Gasteiger partial charge >= 0.3 is 6.18 Å². The van der Waals surface area contributed by atoms with E-state index in [1.807, 2.05) is 6.07 Å². The van der Waals surface area contributed by atoms with Crippen LogP contribution in [0, 0.1) is 11.3 Å². The number of carbonyl (C=O) groups excluding carboxylic acids is 1. The number of nitriles is 1. The van der Waals surface area contributed by atoms with Crippen molar-refractivity contribution in [2.75, 3.05) is 5.32 Å². The summed E-state index contributed by atoms with van der Waals surface area (Å²) in [6.07, 6.45) is -3.77. The monoisotopic (exact) mass is 403 g/mol. The van der Waals surface area contributed by atoms with Crippen molar-refractivity contribution >= 4 is 22.9 Å². The molecule has 0 fully saturated rings. The lowest BCUT2D eigenvalue weighted by atomic mass is 10.1. The summed E-state index contributed by atoms with van der Waals surface area (Å²) in [6, 6.07) is 8.48. The number of hydrogen-bond donors (Lipinski definition) is 2. The summed E-state index contributed by atoms with van der Waals surface area (Å²) < 4.78 is 39.4. The number of imidazole rings is 1. The number of hydrogen-bond acceptors (Lipinski definition) is 5. The molecule has 0 radical (unpaired) electrons. The molecule has 3 aromatic rings. The second kappa shape index (κ2) is 7.18. The minimum Gasteiger partial charge on any atom is -0.389 e. The summed E-state index contributed by atoms with van der Waals surface area (Å²) in [7, 11) is 0. The summed E-state index contributed by atoms with van der Waals surface area (Å²) in [6.45, 7) is 3.19. The fourth-order valence-electron chi connectivity index (χ4n) is 2.70. The van der Waals surface area contributed by atoms with E-state index in [4.69, 9.17) is 5.26 Å². The summed E-state index contributed by atoms with van der Waals surface area (Å²) in [4.78, 5) is 20.1. The Hall–Kier alpha value is -3.45. The number of pyridine rings is 1. The molecule has 0 bridgehead atoms. The first-order chi connectivity index (χ1) is 13.5. The van der Waals surface area contributed by atoms with Crippen molar-refractivity contribution in [1.82, 2.24) is 14.5 Å². The number of alkyl halides is 3. The number of aliphatic hydroxyl groups is 1. The Kier molecular flexibility index (Phi) is 5.02. The number of amides is 1. The Bertz CT molecular complexity index is 1110. The minimum absolute atomic E-state index is 0.0548. The van der Waals surface area contributed by atoms with Crippen LogP contribution >= 0.6 is 0 Å². The van der Waals surface area contributed by atoms with Crippen molar-refractivity contribution in [3.05, 3.63) is 53.3 Å². The molecule has 3 rings (SSSR count). The molecule has 2 heterocycles. The van der Waals surface area contributed by atoms with Crippen LogP contribution in [0.3, 0.4) is 0 Å². The number of fused-ring (bicyclic) bond motifs is 1. The number of benzene rings is 1. The van der Waals surface area contributed by atoms with Crippen molar-refractivity contribution in [3.8, 4) is 6.07 Å². The lowest BCUT2D eigenvalue weighted by Gasteiger charge is -2.20. The van der Waals surface area contributed by atoms with E-state index in [2.05, 4.69) is 15.3 Å². The van der Waals surface area contributed by atoms with Gasteiger partial charge < -0.3 is 9.67 Å². The Labute approximate surface area is 163 Å². The Morgan fingerprint density at radius 3 is 2.55 bits per heavy atom. The van der Waals surface area contributed by atoms with Gasteiger partial charge in [-0.1, -0.05) is 0 Å². The Morgan fingerprint density at radius 2 is 2.00 bits per heavy atom. The van der Waals surface area contributed by atoms with E-state index in [-0.39, 0.29) is 18.1 Å². The zero-order valence-corrected chi connectivity index (χ0v) is 15.4. The lowest BCUT2D eigenvalue weighted by molar-refractivity contribution is -0.141. The molecule has 0 unspecified atom stereocenters. The third kappa shape index (κ3) is 4.52. The van der Waals surface area contributed by atoms with Crippen molar-refractivity contribution in [3.63, 3.8) is 0 Å². The maximum absolute atomic E-state index is 12.6. The highest BCUT2D eigenvalue weighted by atomic mass is 19.4. The molecule has 0 saturated carbocycles. The molecule has 0 aliphatic carbocycles. The van der Waals surface area contributed by atoms with E-state index >= 15 is 0 Å². The second-order valence-electron chi connectivity index (χ2n) is 7.03. The smallest absolute Gasteiger partial charge is 0.389 e. The first kappa shape index (κ1) is 20.3. The van der Waals surface area contributed by atoms with Crippen LogP contribution < -0.4 is 5.32 Å². The van der Waals surface area contributed by atoms with Crippen LogP contribution in [0.15, 0.2) is 36.5 Å². The maximum Gasteiger partial charge on any atom is 0.433 e. The van der Waals surface area contributed by atoms with Crippen LogP contribution in [0.5, 0.6) is 0 Å². The molecule has 7 nitrogen and oxygen atoms in total. The minimum atomic E-state index is -4.60. The largest absolute Gasteiger partial charge is 0.433 e. The number of halogens is 3. The van der Waals surface area contributed by atoms with Crippen LogP contribution in [0.2, 0.25) is 0 Å². The predicted molar refractivity (Wildman–Crippen MR) is 97.9 cm³/mol. The quantitative estimate of drug-likeness (QED) is 0.695. The van der Waals surface area contributed by atoms with E-state index < -0.39 is 23.4 Å². The normalized spacial score (nSPS) is 12.0. The summed E-state index contributed by atoms with van der Waals surface area (Å²) >= 11 is 0. The number of anilines is 1. The molecule has 10 heteroatoms. The van der Waals surface area contributed by atoms with Crippen molar-refractivity contribution in [2.45, 2.75) is 32.2 Å². The van der Waals surface area contributed by atoms with Gasteiger partial charge in [0.1, 0.15) is 5.69 Å². The summed E-state index contributed by atoms with van der Waals surface area (Å²) in [5.41, 5.74) is -0.976. The maximum atomic E-state index is 12.6. The first-order valence-electron chi connectivity index (χ1n) is 8.45. The number of nitrogens with one attached hydrogen (secondary N) is 1. The van der Waals surface area contributed by atoms with E-state index in [1.165, 1.54) is 4.57 Å². The fraction of sp³-hybridized carbons (Fsp3) is 0.263. The lowest BCUT2D eigenvalue weighted by Crippen LogP contribution is -2.27. The fourth-order valence-corrected chi connectivity index (χ4v) is 2.70. The molecule has 0 spiro atoms. The molecule has 2 N–H and O–H groups in total. The van der Waals surface area contributed by atoms with Gasteiger partial charge in [0.25, 0.3) is 5.91 Å². The average molecular weight is 403 g/mol. The van der Waals surface area contributed by atoms with Crippen molar-refractivity contribution in [1.29, 1.82) is 5.26 Å². The highest BCUT2D eigenvalue weighted by molar-refractivity contribution is 6.04. The average Bonchev–Trinajstić information content (AvgIpc) is 2.96. The first-order valence-corrected chi connectivity index (χ1v) is 8.45. The van der Waals surface area contributed by atoms with Gasteiger partial charge in [0.05, 0.1) is 40.4 Å². The Morgan fingerprint density at radius 1 is 1.28 bits per heavy atom. The van der Waals surface area contributed by atoms with Crippen LogP contribution in [-0.2, 0) is 12.7 Å². The van der Waals surface area contributed by atoms with E-state index in [0.29, 0.717) is 22.7 Å². The zero-order valence-electron chi connectivity index (χ0n) is 15.4. The van der Waals surface area contributed by atoms with Crippen LogP contribution in [-0.4, -0.2) is 31.1 Å². The summed E-state index contributed by atoms with van der Waals surface area (Å²) in [5, 5.41) is 21.9. The molecule has 0 aliphatic rings. The molecule has 0 aliphatic heterocycles. The van der Waals surface area contributed by atoms with Crippen molar-refractivity contribution in [2.24, 2.45) is 0 Å². The Balaban J connectivity index is 1.97. The third-order valence-electron chi connectivity index (χ3n) is 3.96. The van der Waals surface area contributed by atoms with Crippen molar-refractivity contribution < 1.29 is 23.1 Å². The molecule has 1 amide bonds. The van der Waals surface area contributed by atoms with Gasteiger partial charge in [0.15, 0.2) is 0 Å². The number of carbonyl (C=O) groups is 1. The van der Waals surface area contributed by atoms with Gasteiger partial charge in [0, 0.05) is 6.20 Å². The number of aromatic nitrogens is 3. The van der Waals surface area contributed by atoms with Crippen LogP contribution in [0.25, 0.3) is 11.0 Å². The molecule has 150 valence electrons. The molecular formula is C19H16F3N5O2. The molecule has 0 saturated heterocycles. The van der Waals surface area contributed by atoms with E-state index in [9.17, 15) is 23.1 Å².